The molecule has 0 unspecified atom stereocenters. The lowest BCUT2D eigenvalue weighted by atomic mass is 10.1. The van der Waals surface area contributed by atoms with E-state index in [4.69, 9.17) is 0 Å². The van der Waals surface area contributed by atoms with E-state index in [2.05, 4.69) is 4.98 Å². The molecule has 3 rings (SSSR count). The van der Waals surface area contributed by atoms with Gasteiger partial charge in [0.25, 0.3) is 0 Å². The number of ketones is 2. The molecule has 0 bridgehead atoms. The van der Waals surface area contributed by atoms with Gasteiger partial charge in [-0.15, -0.1) is 11.3 Å². The Hall–Kier alpha value is -2.53. The SMILES string of the molecule is Cn1cc(C(=O)c2ccncc2)cc1C(=O)c1cccs1. The molecule has 3 aromatic rings. The molecule has 21 heavy (non-hydrogen) atoms. The van der Waals surface area contributed by atoms with Gasteiger partial charge in [0, 0.05) is 36.8 Å². The minimum Gasteiger partial charge on any atom is -0.347 e. The van der Waals surface area contributed by atoms with E-state index in [1.807, 2.05) is 11.4 Å². The maximum Gasteiger partial charge on any atom is 0.219 e. The van der Waals surface area contributed by atoms with Crippen LogP contribution in [-0.4, -0.2) is 21.1 Å². The maximum atomic E-state index is 12.4. The van der Waals surface area contributed by atoms with Crippen LogP contribution in [0.25, 0.3) is 0 Å². The fourth-order valence-corrected chi connectivity index (χ4v) is 2.79. The Balaban J connectivity index is 1.95. The zero-order valence-electron chi connectivity index (χ0n) is 11.3. The molecule has 4 nitrogen and oxygen atoms in total. The van der Waals surface area contributed by atoms with Gasteiger partial charge < -0.3 is 4.57 Å². The highest BCUT2D eigenvalue weighted by molar-refractivity contribution is 7.12. The third kappa shape index (κ3) is 2.55. The van der Waals surface area contributed by atoms with Gasteiger partial charge in [0.2, 0.25) is 5.78 Å². The molecule has 5 heteroatoms. The van der Waals surface area contributed by atoms with Gasteiger partial charge in [-0.1, -0.05) is 6.07 Å². The summed E-state index contributed by atoms with van der Waals surface area (Å²) in [4.78, 5) is 29.3. The van der Waals surface area contributed by atoms with E-state index in [1.165, 1.54) is 11.3 Å². The monoisotopic (exact) mass is 296 g/mol. The molecule has 0 saturated carbocycles. The summed E-state index contributed by atoms with van der Waals surface area (Å²) in [5, 5.41) is 1.86. The number of rotatable bonds is 4. The standard InChI is InChI=1S/C16H12N2O2S/c1-18-10-12(15(19)11-4-6-17-7-5-11)9-13(18)16(20)14-3-2-8-21-14/h2-10H,1H3. The van der Waals surface area contributed by atoms with Crippen LogP contribution in [0.15, 0.2) is 54.3 Å². The summed E-state index contributed by atoms with van der Waals surface area (Å²) in [5.74, 6) is -0.181. The van der Waals surface area contributed by atoms with Crippen LogP contribution in [0.3, 0.4) is 0 Å². The first kappa shape index (κ1) is 13.5. The summed E-state index contributed by atoms with van der Waals surface area (Å²) in [6.07, 6.45) is 4.84. The highest BCUT2D eigenvalue weighted by atomic mass is 32.1. The molecule has 0 aliphatic rings. The largest absolute Gasteiger partial charge is 0.347 e. The quantitative estimate of drug-likeness (QED) is 0.696. The van der Waals surface area contributed by atoms with Crippen molar-refractivity contribution in [1.82, 2.24) is 9.55 Å². The summed E-state index contributed by atoms with van der Waals surface area (Å²) in [6, 6.07) is 8.59. The average molecular weight is 296 g/mol. The van der Waals surface area contributed by atoms with Gasteiger partial charge in [-0.2, -0.15) is 0 Å². The summed E-state index contributed by atoms with van der Waals surface area (Å²) in [6.45, 7) is 0. The second-order valence-corrected chi connectivity index (χ2v) is 5.54. The number of hydrogen-bond acceptors (Lipinski definition) is 4. The summed E-state index contributed by atoms with van der Waals surface area (Å²) < 4.78 is 1.69. The predicted molar refractivity (Wildman–Crippen MR) is 80.8 cm³/mol. The normalized spacial score (nSPS) is 10.5. The van der Waals surface area contributed by atoms with Gasteiger partial charge in [0.15, 0.2) is 5.78 Å². The Morgan fingerprint density at radius 2 is 1.86 bits per heavy atom. The molecule has 0 aliphatic heterocycles. The molecular weight excluding hydrogens is 284 g/mol. The van der Waals surface area contributed by atoms with Crippen molar-refractivity contribution in [3.63, 3.8) is 0 Å². The Bertz CT molecular complexity index is 789. The van der Waals surface area contributed by atoms with Crippen molar-refractivity contribution >= 4 is 22.9 Å². The summed E-state index contributed by atoms with van der Waals surface area (Å²) in [5.41, 5.74) is 1.57. The molecule has 0 radical (unpaired) electrons. The molecular formula is C16H12N2O2S. The topological polar surface area (TPSA) is 52.0 Å². The first-order chi connectivity index (χ1) is 10.2. The van der Waals surface area contributed by atoms with Gasteiger partial charge >= 0.3 is 0 Å². The molecule has 0 amide bonds. The lowest BCUT2D eigenvalue weighted by Gasteiger charge is -1.98. The minimum absolute atomic E-state index is 0.0683. The number of pyridine rings is 1. The minimum atomic E-state index is -0.113. The first-order valence-corrected chi connectivity index (χ1v) is 7.24. The average Bonchev–Trinajstić information content (AvgIpc) is 3.16. The van der Waals surface area contributed by atoms with Gasteiger partial charge in [-0.25, -0.2) is 0 Å². The molecule has 0 fully saturated rings. The molecule has 3 aromatic heterocycles. The third-order valence-corrected chi connectivity index (χ3v) is 4.06. The number of thiophene rings is 1. The maximum absolute atomic E-state index is 12.4. The smallest absolute Gasteiger partial charge is 0.219 e. The second kappa shape index (κ2) is 5.46. The van der Waals surface area contributed by atoms with E-state index < -0.39 is 0 Å². The number of aryl methyl sites for hydroxylation is 1. The fourth-order valence-electron chi connectivity index (χ4n) is 2.12. The summed E-state index contributed by atoms with van der Waals surface area (Å²) in [7, 11) is 1.77. The zero-order valence-corrected chi connectivity index (χ0v) is 12.1. The Morgan fingerprint density at radius 3 is 2.52 bits per heavy atom. The Labute approximate surface area is 125 Å². The van der Waals surface area contributed by atoms with Crippen LogP contribution in [0.4, 0.5) is 0 Å². The summed E-state index contributed by atoms with van der Waals surface area (Å²) >= 11 is 1.39. The van der Waals surface area contributed by atoms with Crippen molar-refractivity contribution in [2.24, 2.45) is 7.05 Å². The third-order valence-electron chi connectivity index (χ3n) is 3.19. The zero-order chi connectivity index (χ0) is 14.8. The van der Waals surface area contributed by atoms with Crippen LogP contribution in [0.1, 0.15) is 31.3 Å². The van der Waals surface area contributed by atoms with Crippen molar-refractivity contribution in [1.29, 1.82) is 0 Å². The predicted octanol–water partition coefficient (Wildman–Crippen LogP) is 2.94. The van der Waals surface area contributed by atoms with Crippen molar-refractivity contribution in [2.75, 3.05) is 0 Å². The van der Waals surface area contributed by atoms with E-state index in [9.17, 15) is 9.59 Å². The molecule has 3 heterocycles. The van der Waals surface area contributed by atoms with Crippen LogP contribution >= 0.6 is 11.3 Å². The lowest BCUT2D eigenvalue weighted by Crippen LogP contribution is -2.04. The fraction of sp³-hybridized carbons (Fsp3) is 0.0625. The van der Waals surface area contributed by atoms with Gasteiger partial charge in [0.05, 0.1) is 10.6 Å². The lowest BCUT2D eigenvalue weighted by molar-refractivity contribution is 0.103. The number of aromatic nitrogens is 2. The van der Waals surface area contributed by atoms with Crippen molar-refractivity contribution in [3.05, 3.63) is 76.0 Å². The van der Waals surface area contributed by atoms with E-state index >= 15 is 0 Å². The van der Waals surface area contributed by atoms with Crippen LogP contribution in [0, 0.1) is 0 Å². The van der Waals surface area contributed by atoms with Crippen LogP contribution in [0.2, 0.25) is 0 Å². The number of carbonyl (C=O) groups is 2. The molecule has 0 spiro atoms. The van der Waals surface area contributed by atoms with Crippen molar-refractivity contribution < 1.29 is 9.59 Å². The van der Waals surface area contributed by atoms with Crippen LogP contribution in [0.5, 0.6) is 0 Å². The van der Waals surface area contributed by atoms with Crippen molar-refractivity contribution in [3.8, 4) is 0 Å². The number of hydrogen-bond donors (Lipinski definition) is 0. The molecule has 104 valence electrons. The first-order valence-electron chi connectivity index (χ1n) is 6.36. The van der Waals surface area contributed by atoms with E-state index in [0.717, 1.165) is 0 Å². The highest BCUT2D eigenvalue weighted by Crippen LogP contribution is 2.18. The van der Waals surface area contributed by atoms with Gasteiger partial charge in [-0.3, -0.25) is 14.6 Å². The molecule has 0 N–H and O–H groups in total. The number of nitrogens with zero attached hydrogens (tertiary/aromatic N) is 2. The van der Waals surface area contributed by atoms with Crippen LogP contribution < -0.4 is 0 Å². The molecule has 0 aliphatic carbocycles. The van der Waals surface area contributed by atoms with Crippen molar-refractivity contribution in [2.45, 2.75) is 0 Å². The van der Waals surface area contributed by atoms with E-state index in [-0.39, 0.29) is 11.6 Å². The number of carbonyl (C=O) groups excluding carboxylic acids is 2. The Kier molecular flexibility index (Phi) is 3.50. The van der Waals surface area contributed by atoms with Gasteiger partial charge in [0.1, 0.15) is 0 Å². The van der Waals surface area contributed by atoms with Gasteiger partial charge in [-0.05, 0) is 29.6 Å². The Morgan fingerprint density at radius 1 is 1.10 bits per heavy atom. The molecule has 0 aromatic carbocycles. The molecule has 0 saturated heterocycles. The second-order valence-electron chi connectivity index (χ2n) is 4.60. The van der Waals surface area contributed by atoms with E-state index in [1.54, 1.807) is 54.5 Å². The highest BCUT2D eigenvalue weighted by Gasteiger charge is 2.18. The van der Waals surface area contributed by atoms with Crippen LogP contribution in [-0.2, 0) is 7.05 Å². The molecule has 0 atom stereocenters. The van der Waals surface area contributed by atoms with E-state index in [0.29, 0.717) is 21.7 Å².